The van der Waals surface area contributed by atoms with Gasteiger partial charge in [-0.05, 0) is 18.2 Å². The van der Waals surface area contributed by atoms with Crippen molar-refractivity contribution in [2.75, 3.05) is 0 Å². The van der Waals surface area contributed by atoms with Crippen LogP contribution in [0.3, 0.4) is 0 Å². The van der Waals surface area contributed by atoms with Crippen LogP contribution in [0.4, 0.5) is 0 Å². The van der Waals surface area contributed by atoms with E-state index in [0.29, 0.717) is 12.1 Å². The van der Waals surface area contributed by atoms with Gasteiger partial charge in [0, 0.05) is 11.1 Å². The quantitative estimate of drug-likeness (QED) is 0.607. The molecule has 0 saturated carbocycles. The van der Waals surface area contributed by atoms with E-state index in [1.54, 1.807) is 0 Å². The molecule has 0 aliphatic heterocycles. The molecule has 10 nitrogen and oxygen atoms in total. The van der Waals surface area contributed by atoms with Crippen molar-refractivity contribution in [3.05, 3.63) is 47.5 Å². The molecule has 138 valence electrons. The highest BCUT2D eigenvalue weighted by Crippen LogP contribution is 2.37. The van der Waals surface area contributed by atoms with Gasteiger partial charge < -0.3 is 14.8 Å². The molecular formula is C14H9O10S2-. The summed E-state index contributed by atoms with van der Waals surface area (Å²) >= 11 is 0. The highest BCUT2D eigenvalue weighted by atomic mass is 32.2. The first kappa shape index (κ1) is 19.5. The molecule has 2 aromatic rings. The van der Waals surface area contributed by atoms with E-state index < -0.39 is 64.2 Å². The van der Waals surface area contributed by atoms with Gasteiger partial charge in [-0.15, -0.1) is 0 Å². The molecule has 0 fully saturated rings. The van der Waals surface area contributed by atoms with Gasteiger partial charge in [-0.25, -0.2) is 18.0 Å². The molecule has 0 spiro atoms. The van der Waals surface area contributed by atoms with Crippen molar-refractivity contribution in [1.29, 1.82) is 0 Å². The fourth-order valence-electron chi connectivity index (χ4n) is 2.36. The van der Waals surface area contributed by atoms with Crippen LogP contribution in [-0.2, 0) is 20.2 Å². The summed E-state index contributed by atoms with van der Waals surface area (Å²) < 4.78 is 67.0. The molecule has 0 saturated heterocycles. The van der Waals surface area contributed by atoms with Crippen LogP contribution in [0.5, 0.6) is 0 Å². The maximum Gasteiger partial charge on any atom is 0.337 e. The maximum atomic E-state index is 11.6. The highest BCUT2D eigenvalue weighted by molar-refractivity contribution is 7.86. The van der Waals surface area contributed by atoms with Gasteiger partial charge in [-0.2, -0.15) is 8.42 Å². The lowest BCUT2D eigenvalue weighted by molar-refractivity contribution is 0.0652. The third kappa shape index (κ3) is 3.57. The van der Waals surface area contributed by atoms with Crippen LogP contribution < -0.4 is 0 Å². The van der Waals surface area contributed by atoms with Crippen molar-refractivity contribution in [3.63, 3.8) is 0 Å². The van der Waals surface area contributed by atoms with Gasteiger partial charge in [-0.1, -0.05) is 18.2 Å². The van der Waals surface area contributed by atoms with Crippen molar-refractivity contribution in [1.82, 2.24) is 0 Å². The Labute approximate surface area is 146 Å². The monoisotopic (exact) mass is 401 g/mol. The second kappa shape index (κ2) is 6.49. The van der Waals surface area contributed by atoms with Gasteiger partial charge in [0.2, 0.25) is 0 Å². The van der Waals surface area contributed by atoms with Crippen LogP contribution in [0.1, 0.15) is 20.7 Å². The summed E-state index contributed by atoms with van der Waals surface area (Å²) in [5, 5.41) is 18.5. The normalized spacial score (nSPS) is 11.9. The van der Waals surface area contributed by atoms with Gasteiger partial charge >= 0.3 is 11.9 Å². The van der Waals surface area contributed by atoms with Crippen LogP contribution in [0.15, 0.2) is 46.2 Å². The van der Waals surface area contributed by atoms with E-state index in [-0.39, 0.29) is 0 Å². The van der Waals surface area contributed by atoms with Gasteiger partial charge in [0.25, 0.3) is 10.1 Å². The predicted molar refractivity (Wildman–Crippen MR) is 83.6 cm³/mol. The lowest BCUT2D eigenvalue weighted by atomic mass is 9.95. The van der Waals surface area contributed by atoms with Crippen molar-refractivity contribution >= 4 is 32.2 Å². The molecular weight excluding hydrogens is 392 g/mol. The van der Waals surface area contributed by atoms with Gasteiger partial charge in [-0.3, -0.25) is 4.55 Å². The Morgan fingerprint density at radius 2 is 1.42 bits per heavy atom. The van der Waals surface area contributed by atoms with E-state index in [4.69, 9.17) is 5.11 Å². The first-order valence-corrected chi connectivity index (χ1v) is 9.37. The Bertz CT molecular complexity index is 1130. The van der Waals surface area contributed by atoms with Crippen molar-refractivity contribution in [2.24, 2.45) is 0 Å². The number of benzene rings is 2. The minimum atomic E-state index is -5.33. The number of carboxylic acid groups (broad SMARTS) is 2. The van der Waals surface area contributed by atoms with Gasteiger partial charge in [0.1, 0.15) is 15.0 Å². The van der Waals surface area contributed by atoms with Crippen LogP contribution in [0.2, 0.25) is 0 Å². The number of rotatable bonds is 5. The molecule has 0 radical (unpaired) electrons. The summed E-state index contributed by atoms with van der Waals surface area (Å²) in [6.07, 6.45) is 0. The first-order valence-electron chi connectivity index (χ1n) is 6.52. The Hall–Kier alpha value is -2.80. The number of hydrogen-bond donors (Lipinski definition) is 3. The molecule has 0 heterocycles. The summed E-state index contributed by atoms with van der Waals surface area (Å²) in [7, 11) is -10.3. The predicted octanol–water partition coefficient (Wildman–Crippen LogP) is 0.901. The second-order valence-electron chi connectivity index (χ2n) is 4.90. The zero-order chi connectivity index (χ0) is 19.9. The minimum Gasteiger partial charge on any atom is -0.744 e. The molecule has 3 N–H and O–H groups in total. The number of carbonyl (C=O) groups is 2. The fraction of sp³-hybridized carbons (Fsp3) is 0. The Balaban J connectivity index is 3.17. The zero-order valence-corrected chi connectivity index (χ0v) is 14.1. The van der Waals surface area contributed by atoms with Crippen LogP contribution in [0.25, 0.3) is 11.1 Å². The Kier molecular flexibility index (Phi) is 4.88. The SMILES string of the molecule is O=C(O)c1ccc(S(=O)(=O)[O-])c(-c2ccccc2S(=O)(=O)O)c1C(=O)O. The largest absolute Gasteiger partial charge is 0.744 e. The molecule has 2 rings (SSSR count). The fourth-order valence-corrected chi connectivity index (χ4v) is 3.75. The number of hydrogen-bond acceptors (Lipinski definition) is 7. The van der Waals surface area contributed by atoms with E-state index in [0.717, 1.165) is 18.2 Å². The van der Waals surface area contributed by atoms with E-state index in [9.17, 15) is 40.6 Å². The number of carboxylic acids is 2. The molecule has 2 aromatic carbocycles. The van der Waals surface area contributed by atoms with Gasteiger partial charge in [0.05, 0.1) is 16.0 Å². The smallest absolute Gasteiger partial charge is 0.337 e. The molecule has 0 aliphatic rings. The van der Waals surface area contributed by atoms with Crippen molar-refractivity contribution in [3.8, 4) is 11.1 Å². The van der Waals surface area contributed by atoms with Crippen molar-refractivity contribution in [2.45, 2.75) is 9.79 Å². The van der Waals surface area contributed by atoms with E-state index in [1.807, 2.05) is 0 Å². The van der Waals surface area contributed by atoms with Gasteiger partial charge in [0.15, 0.2) is 0 Å². The van der Waals surface area contributed by atoms with Crippen LogP contribution in [-0.4, -0.2) is 48.1 Å². The number of aromatic carboxylic acids is 2. The van der Waals surface area contributed by atoms with Crippen LogP contribution >= 0.6 is 0 Å². The summed E-state index contributed by atoms with van der Waals surface area (Å²) in [6, 6.07) is 5.28. The third-order valence-corrected chi connectivity index (χ3v) is 5.11. The molecule has 0 aromatic heterocycles. The third-order valence-electron chi connectivity index (χ3n) is 3.32. The topological polar surface area (TPSA) is 186 Å². The van der Waals surface area contributed by atoms with E-state index in [1.165, 1.54) is 6.07 Å². The highest BCUT2D eigenvalue weighted by Gasteiger charge is 2.29. The molecule has 0 aliphatic carbocycles. The molecule has 12 heteroatoms. The minimum absolute atomic E-state index is 0.564. The van der Waals surface area contributed by atoms with Crippen molar-refractivity contribution < 1.29 is 45.7 Å². The van der Waals surface area contributed by atoms with E-state index in [2.05, 4.69) is 0 Å². The average molecular weight is 401 g/mol. The molecule has 0 atom stereocenters. The summed E-state index contributed by atoms with van der Waals surface area (Å²) in [4.78, 5) is 20.8. The Morgan fingerprint density at radius 3 is 1.88 bits per heavy atom. The molecule has 26 heavy (non-hydrogen) atoms. The second-order valence-corrected chi connectivity index (χ2v) is 7.63. The summed E-state index contributed by atoms with van der Waals surface area (Å²) in [6.45, 7) is 0. The summed E-state index contributed by atoms with van der Waals surface area (Å²) in [5.41, 5.74) is -3.57. The standard InChI is InChI=1S/C14H10O10S2/c15-13(16)8-5-6-10(26(22,23)24)11(12(8)14(17)18)7-3-1-2-4-9(7)25(19,20)21/h1-6H,(H,15,16)(H,17,18)(H,19,20,21)(H,22,23,24)/p-1. The molecule has 0 unspecified atom stereocenters. The lowest BCUT2D eigenvalue weighted by Gasteiger charge is -2.18. The molecule has 0 bridgehead atoms. The Morgan fingerprint density at radius 1 is 0.846 bits per heavy atom. The zero-order valence-electron chi connectivity index (χ0n) is 12.5. The lowest BCUT2D eigenvalue weighted by Crippen LogP contribution is -2.15. The maximum absolute atomic E-state index is 11.6. The molecule has 0 amide bonds. The first-order chi connectivity index (χ1) is 11.9. The summed E-state index contributed by atoms with van der Waals surface area (Å²) in [5.74, 6) is -3.66. The van der Waals surface area contributed by atoms with Crippen LogP contribution in [0, 0.1) is 0 Å². The average Bonchev–Trinajstić information content (AvgIpc) is 2.51. The van der Waals surface area contributed by atoms with E-state index >= 15 is 0 Å².